The van der Waals surface area contributed by atoms with E-state index in [-0.39, 0.29) is 11.9 Å². The summed E-state index contributed by atoms with van der Waals surface area (Å²) < 4.78 is 0. The summed E-state index contributed by atoms with van der Waals surface area (Å²) in [5, 5.41) is 6.56. The maximum Gasteiger partial charge on any atom is 0.324 e. The summed E-state index contributed by atoms with van der Waals surface area (Å²) in [6.07, 6.45) is 1.80. The number of rotatable bonds is 4. The van der Waals surface area contributed by atoms with Gasteiger partial charge in [-0.3, -0.25) is 10.1 Å². The lowest BCUT2D eigenvalue weighted by Gasteiger charge is -2.27. The second kappa shape index (κ2) is 11.2. The molecule has 1 aromatic rings. The lowest BCUT2D eigenvalue weighted by molar-refractivity contribution is -0.117. The molecule has 1 fully saturated rings. The van der Waals surface area contributed by atoms with Crippen LogP contribution >= 0.6 is 23.2 Å². The van der Waals surface area contributed by atoms with E-state index in [0.29, 0.717) is 40.8 Å². The molecule has 3 amide bonds. The number of nitrogens with zero attached hydrogens (tertiary/aromatic N) is 2. The summed E-state index contributed by atoms with van der Waals surface area (Å²) in [7, 11) is 3.81. The molecule has 29 heavy (non-hydrogen) atoms. The molecule has 1 aliphatic heterocycles. The first-order valence-electron chi connectivity index (χ1n) is 9.40. The molecule has 1 saturated heterocycles. The number of likely N-dealkylation sites (N-methyl/N-ethyl adjacent to an activating group) is 1. The molecule has 2 rings (SSSR count). The molecule has 1 heterocycles. The van der Waals surface area contributed by atoms with Gasteiger partial charge in [0.25, 0.3) is 5.91 Å². The lowest BCUT2D eigenvalue weighted by atomic mass is 9.99. The number of urea groups is 1. The Labute approximate surface area is 182 Å². The van der Waals surface area contributed by atoms with Gasteiger partial charge in [0.2, 0.25) is 0 Å². The zero-order valence-electron chi connectivity index (χ0n) is 16.9. The number of carbonyl (C=O) groups excluding carboxylic acids is 2. The van der Waals surface area contributed by atoms with E-state index in [0.717, 1.165) is 13.1 Å². The molecule has 6 nitrogen and oxygen atoms in total. The van der Waals surface area contributed by atoms with Crippen molar-refractivity contribution in [3.05, 3.63) is 45.5 Å². The number of hydrogen-bond acceptors (Lipinski definition) is 4. The van der Waals surface area contributed by atoms with E-state index in [2.05, 4.69) is 22.5 Å². The van der Waals surface area contributed by atoms with Crippen molar-refractivity contribution in [2.75, 3.05) is 46.8 Å². The van der Waals surface area contributed by atoms with Crippen LogP contribution in [0.15, 0.2) is 29.8 Å². The highest BCUT2D eigenvalue weighted by Crippen LogP contribution is 2.22. The Bertz CT molecular complexity index is 837. The molecular weight excluding hydrogens is 411 g/mol. The van der Waals surface area contributed by atoms with E-state index in [1.54, 1.807) is 29.2 Å². The highest BCUT2D eigenvalue weighted by Gasteiger charge is 2.22. The average Bonchev–Trinajstić information content (AvgIpc) is 2.69. The SMILES string of the molecule is CC(C#Cc1ccc(Cl)c(Cl)c1)/C(=C\CN(C)C)C(=O)NC(=O)N1CCNCC1. The molecule has 8 heteroatoms. The quantitative estimate of drug-likeness (QED) is 0.562. The predicted octanol–water partition coefficient (Wildman–Crippen LogP) is 2.61. The van der Waals surface area contributed by atoms with Gasteiger partial charge in [-0.25, -0.2) is 4.79 Å². The van der Waals surface area contributed by atoms with Gasteiger partial charge >= 0.3 is 6.03 Å². The Morgan fingerprint density at radius 2 is 1.97 bits per heavy atom. The lowest BCUT2D eigenvalue weighted by Crippen LogP contribution is -2.51. The van der Waals surface area contributed by atoms with E-state index in [1.165, 1.54) is 0 Å². The molecule has 1 atom stereocenters. The van der Waals surface area contributed by atoms with Crippen LogP contribution in [-0.2, 0) is 4.79 Å². The van der Waals surface area contributed by atoms with Crippen LogP contribution in [0.25, 0.3) is 0 Å². The summed E-state index contributed by atoms with van der Waals surface area (Å²) in [5.74, 6) is 5.29. The van der Waals surface area contributed by atoms with Gasteiger partial charge in [-0.15, -0.1) is 0 Å². The Morgan fingerprint density at radius 3 is 2.59 bits per heavy atom. The zero-order chi connectivity index (χ0) is 21.4. The first-order chi connectivity index (χ1) is 13.8. The number of hydrogen-bond donors (Lipinski definition) is 2. The van der Waals surface area contributed by atoms with Gasteiger partial charge in [0.15, 0.2) is 0 Å². The summed E-state index contributed by atoms with van der Waals surface area (Å²) >= 11 is 12.0. The number of nitrogens with one attached hydrogen (secondary N) is 2. The molecular formula is C21H26Cl2N4O2. The van der Waals surface area contributed by atoms with Crippen molar-refractivity contribution in [1.29, 1.82) is 0 Å². The topological polar surface area (TPSA) is 64.7 Å². The molecule has 1 aliphatic rings. The first-order valence-corrected chi connectivity index (χ1v) is 10.2. The summed E-state index contributed by atoms with van der Waals surface area (Å²) in [6.45, 7) is 4.97. The predicted molar refractivity (Wildman–Crippen MR) is 117 cm³/mol. The van der Waals surface area contributed by atoms with Crippen LogP contribution in [0.4, 0.5) is 4.79 Å². The molecule has 1 unspecified atom stereocenters. The minimum absolute atomic E-state index is 0.375. The highest BCUT2D eigenvalue weighted by atomic mass is 35.5. The van der Waals surface area contributed by atoms with Crippen molar-refractivity contribution < 1.29 is 9.59 Å². The zero-order valence-corrected chi connectivity index (χ0v) is 18.4. The van der Waals surface area contributed by atoms with Crippen molar-refractivity contribution in [3.8, 4) is 11.8 Å². The molecule has 0 bridgehead atoms. The normalized spacial score (nSPS) is 15.5. The Hall–Kier alpha value is -2.04. The molecule has 0 aromatic heterocycles. The number of imide groups is 1. The third kappa shape index (κ3) is 7.37. The Kier molecular flexibility index (Phi) is 8.99. The molecule has 0 saturated carbocycles. The maximum atomic E-state index is 12.8. The molecule has 0 aliphatic carbocycles. The van der Waals surface area contributed by atoms with E-state index in [1.807, 2.05) is 25.9 Å². The largest absolute Gasteiger partial charge is 0.324 e. The second-order valence-corrected chi connectivity index (χ2v) is 7.85. The second-order valence-electron chi connectivity index (χ2n) is 7.04. The van der Waals surface area contributed by atoms with Crippen molar-refractivity contribution in [2.45, 2.75) is 6.92 Å². The van der Waals surface area contributed by atoms with Crippen molar-refractivity contribution in [1.82, 2.24) is 20.4 Å². The van der Waals surface area contributed by atoms with Crippen LogP contribution in [-0.4, -0.2) is 68.6 Å². The minimum atomic E-state index is -0.425. The van der Waals surface area contributed by atoms with Crippen LogP contribution < -0.4 is 10.6 Å². The van der Waals surface area contributed by atoms with Gasteiger partial charge in [0.1, 0.15) is 0 Å². The molecule has 2 N–H and O–H groups in total. The van der Waals surface area contributed by atoms with Crippen LogP contribution in [0.2, 0.25) is 10.0 Å². The number of piperazine rings is 1. The molecule has 156 valence electrons. The first kappa shape index (κ1) is 23.2. The monoisotopic (exact) mass is 436 g/mol. The van der Waals surface area contributed by atoms with Crippen molar-refractivity contribution in [2.24, 2.45) is 5.92 Å². The van der Waals surface area contributed by atoms with Crippen LogP contribution in [0.1, 0.15) is 12.5 Å². The number of halogens is 2. The van der Waals surface area contributed by atoms with Gasteiger partial charge in [-0.05, 0) is 39.2 Å². The number of benzene rings is 1. The summed E-state index contributed by atoms with van der Waals surface area (Å²) in [4.78, 5) is 28.7. The fraction of sp³-hybridized carbons (Fsp3) is 0.429. The third-order valence-corrected chi connectivity index (χ3v) is 5.12. The summed E-state index contributed by atoms with van der Waals surface area (Å²) in [6, 6.07) is 4.75. The highest BCUT2D eigenvalue weighted by molar-refractivity contribution is 6.42. The molecule has 1 aromatic carbocycles. The Balaban J connectivity index is 2.14. The third-order valence-electron chi connectivity index (χ3n) is 4.38. The van der Waals surface area contributed by atoms with E-state index >= 15 is 0 Å². The maximum absolute atomic E-state index is 12.8. The van der Waals surface area contributed by atoms with Gasteiger partial charge in [-0.1, -0.05) is 41.1 Å². The van der Waals surface area contributed by atoms with Gasteiger partial charge in [0, 0.05) is 49.8 Å². The fourth-order valence-corrected chi connectivity index (χ4v) is 3.00. The number of carbonyl (C=O) groups is 2. The van der Waals surface area contributed by atoms with Crippen LogP contribution in [0.5, 0.6) is 0 Å². The van der Waals surface area contributed by atoms with Gasteiger partial charge < -0.3 is 15.1 Å². The average molecular weight is 437 g/mol. The van der Waals surface area contributed by atoms with E-state index in [4.69, 9.17) is 23.2 Å². The molecule has 0 radical (unpaired) electrons. The summed E-state index contributed by atoms with van der Waals surface area (Å²) in [5.41, 5.74) is 1.16. The standard InChI is InChI=1S/C21H26Cl2N4O2/c1-15(4-5-16-6-7-18(22)19(23)14-16)17(8-11-26(2)3)20(28)25-21(29)27-12-9-24-10-13-27/h6-8,14-15,24H,9-13H2,1-3H3,(H,25,28,29)/b17-8+. The fourth-order valence-electron chi connectivity index (χ4n) is 2.71. The van der Waals surface area contributed by atoms with Crippen molar-refractivity contribution in [3.63, 3.8) is 0 Å². The van der Waals surface area contributed by atoms with E-state index < -0.39 is 5.91 Å². The van der Waals surface area contributed by atoms with Crippen molar-refractivity contribution >= 4 is 35.1 Å². The Morgan fingerprint density at radius 1 is 1.28 bits per heavy atom. The molecule has 0 spiro atoms. The minimum Gasteiger partial charge on any atom is -0.322 e. The van der Waals surface area contributed by atoms with E-state index in [9.17, 15) is 9.59 Å². The number of amides is 3. The van der Waals surface area contributed by atoms with Gasteiger partial charge in [-0.2, -0.15) is 0 Å². The smallest absolute Gasteiger partial charge is 0.322 e. The van der Waals surface area contributed by atoms with Gasteiger partial charge in [0.05, 0.1) is 10.0 Å². The van der Waals surface area contributed by atoms with Crippen LogP contribution in [0.3, 0.4) is 0 Å². The van der Waals surface area contributed by atoms with Crippen LogP contribution in [0, 0.1) is 17.8 Å².